The summed E-state index contributed by atoms with van der Waals surface area (Å²) in [5.41, 5.74) is 1.31. The summed E-state index contributed by atoms with van der Waals surface area (Å²) < 4.78 is 5.40. The summed E-state index contributed by atoms with van der Waals surface area (Å²) in [6.45, 7) is 0.850. The number of carbonyl (C=O) groups is 1. The molecule has 0 amide bonds. The van der Waals surface area contributed by atoms with E-state index < -0.39 is 11.4 Å². The molecule has 3 atom stereocenters. The molecule has 2 aromatic heterocycles. The van der Waals surface area contributed by atoms with E-state index in [-0.39, 0.29) is 0 Å². The molecule has 7 nitrogen and oxygen atoms in total. The number of pyridine rings is 1. The van der Waals surface area contributed by atoms with E-state index in [1.807, 2.05) is 12.3 Å². The summed E-state index contributed by atoms with van der Waals surface area (Å²) in [6.07, 6.45) is 11.5. The van der Waals surface area contributed by atoms with Gasteiger partial charge in [-0.15, -0.1) is 0 Å². The fourth-order valence-corrected chi connectivity index (χ4v) is 5.07. The lowest BCUT2D eigenvalue weighted by Gasteiger charge is -2.46. The number of rotatable bonds is 6. The number of carboxylic acid groups (broad SMARTS) is 1. The summed E-state index contributed by atoms with van der Waals surface area (Å²) in [6, 6.07) is 2.00. The normalized spacial score (nSPS) is 29.4. The highest BCUT2D eigenvalue weighted by molar-refractivity contribution is 5.75. The molecule has 3 unspecified atom stereocenters. The first-order chi connectivity index (χ1) is 13.6. The molecule has 3 fully saturated rings. The SMILES string of the molecule is O=C(O)C12CCCC(C1)C(CNc1cncc(-c3nc(C4CC4)no3)c1)CC2. The van der Waals surface area contributed by atoms with Gasteiger partial charge in [0.25, 0.3) is 5.89 Å². The van der Waals surface area contributed by atoms with E-state index in [1.54, 1.807) is 6.20 Å². The quantitative estimate of drug-likeness (QED) is 0.776. The van der Waals surface area contributed by atoms with Crippen LogP contribution in [0.2, 0.25) is 0 Å². The molecule has 3 saturated carbocycles. The maximum absolute atomic E-state index is 11.7. The Balaban J connectivity index is 1.24. The fraction of sp³-hybridized carbons (Fsp3) is 0.619. The Kier molecular flexibility index (Phi) is 4.33. The molecule has 2 aromatic rings. The van der Waals surface area contributed by atoms with Gasteiger partial charge in [-0.2, -0.15) is 4.98 Å². The van der Waals surface area contributed by atoms with E-state index in [2.05, 4.69) is 20.4 Å². The predicted octanol–water partition coefficient (Wildman–Crippen LogP) is 4.09. The smallest absolute Gasteiger partial charge is 0.309 e. The topological polar surface area (TPSA) is 101 Å². The van der Waals surface area contributed by atoms with Crippen LogP contribution in [-0.4, -0.2) is 32.7 Å². The minimum atomic E-state index is -0.592. The molecule has 3 aliphatic rings. The summed E-state index contributed by atoms with van der Waals surface area (Å²) >= 11 is 0. The van der Waals surface area contributed by atoms with Crippen LogP contribution in [-0.2, 0) is 4.79 Å². The van der Waals surface area contributed by atoms with Crippen molar-refractivity contribution in [2.24, 2.45) is 17.3 Å². The molecule has 7 heteroatoms. The summed E-state index contributed by atoms with van der Waals surface area (Å²) in [5, 5.41) is 17.3. The monoisotopic (exact) mass is 382 g/mol. The lowest BCUT2D eigenvalue weighted by atomic mass is 9.58. The van der Waals surface area contributed by atoms with Gasteiger partial charge in [-0.3, -0.25) is 9.78 Å². The number of anilines is 1. The minimum absolute atomic E-state index is 0.460. The van der Waals surface area contributed by atoms with E-state index in [4.69, 9.17) is 4.52 Å². The van der Waals surface area contributed by atoms with Crippen LogP contribution in [0.3, 0.4) is 0 Å². The van der Waals surface area contributed by atoms with Gasteiger partial charge in [0.15, 0.2) is 5.82 Å². The Bertz CT molecular complexity index is 878. The van der Waals surface area contributed by atoms with Crippen LogP contribution >= 0.6 is 0 Å². The van der Waals surface area contributed by atoms with Crippen molar-refractivity contribution in [2.45, 2.75) is 57.3 Å². The number of nitrogens with zero attached hydrogens (tertiary/aromatic N) is 3. The zero-order valence-electron chi connectivity index (χ0n) is 15.9. The standard InChI is InChI=1S/C21H26N4O3/c26-20(27)21-6-1-2-14(9-21)15(5-7-21)11-23-17-8-16(10-22-12-17)19-24-18(25-28-19)13-3-4-13/h8,10,12-15,23H,1-7,9,11H2,(H,26,27). The third kappa shape index (κ3) is 3.27. The van der Waals surface area contributed by atoms with Crippen molar-refractivity contribution in [1.29, 1.82) is 0 Å². The molecule has 0 saturated heterocycles. The van der Waals surface area contributed by atoms with Crippen LogP contribution in [0, 0.1) is 17.3 Å². The summed E-state index contributed by atoms with van der Waals surface area (Å²) in [5.74, 6) is 2.21. The van der Waals surface area contributed by atoms with E-state index in [0.717, 1.165) is 75.0 Å². The van der Waals surface area contributed by atoms with Gasteiger partial charge in [-0.1, -0.05) is 18.0 Å². The van der Waals surface area contributed by atoms with Crippen molar-refractivity contribution in [3.8, 4) is 11.5 Å². The van der Waals surface area contributed by atoms with Crippen molar-refractivity contribution in [2.75, 3.05) is 11.9 Å². The lowest BCUT2D eigenvalue weighted by Crippen LogP contribution is -2.44. The highest BCUT2D eigenvalue weighted by atomic mass is 16.5. The molecule has 2 bridgehead atoms. The number of carboxylic acids is 1. The van der Waals surface area contributed by atoms with E-state index in [9.17, 15) is 9.90 Å². The molecule has 5 rings (SSSR count). The lowest BCUT2D eigenvalue weighted by molar-refractivity contribution is -0.156. The van der Waals surface area contributed by atoms with Gasteiger partial charge in [-0.25, -0.2) is 0 Å². The molecule has 0 radical (unpaired) electrons. The Morgan fingerprint density at radius 3 is 2.96 bits per heavy atom. The minimum Gasteiger partial charge on any atom is -0.481 e. The maximum Gasteiger partial charge on any atom is 0.309 e. The van der Waals surface area contributed by atoms with Crippen molar-refractivity contribution in [3.63, 3.8) is 0 Å². The highest BCUT2D eigenvalue weighted by Gasteiger charge is 2.48. The van der Waals surface area contributed by atoms with Gasteiger partial charge < -0.3 is 14.9 Å². The molecule has 0 aliphatic heterocycles. The predicted molar refractivity (Wildman–Crippen MR) is 103 cm³/mol. The van der Waals surface area contributed by atoms with Gasteiger partial charge in [0.05, 0.1) is 16.7 Å². The third-order valence-electron chi connectivity index (χ3n) is 6.94. The molecule has 2 heterocycles. The van der Waals surface area contributed by atoms with Crippen LogP contribution in [0.1, 0.15) is 63.1 Å². The Hall–Kier alpha value is -2.44. The number of hydrogen-bond donors (Lipinski definition) is 2. The second-order valence-corrected chi connectivity index (χ2v) is 8.82. The van der Waals surface area contributed by atoms with E-state index in [0.29, 0.717) is 23.6 Å². The molecule has 0 aromatic carbocycles. The zero-order chi connectivity index (χ0) is 19.1. The Morgan fingerprint density at radius 2 is 2.14 bits per heavy atom. The van der Waals surface area contributed by atoms with Crippen molar-refractivity contribution < 1.29 is 14.4 Å². The van der Waals surface area contributed by atoms with Crippen molar-refractivity contribution in [3.05, 3.63) is 24.3 Å². The molecular weight excluding hydrogens is 356 g/mol. The third-order valence-corrected chi connectivity index (χ3v) is 6.94. The van der Waals surface area contributed by atoms with Gasteiger partial charge in [0.2, 0.25) is 0 Å². The van der Waals surface area contributed by atoms with Crippen molar-refractivity contribution in [1.82, 2.24) is 15.1 Å². The van der Waals surface area contributed by atoms with Gasteiger partial charge in [-0.05, 0) is 56.4 Å². The molecule has 0 spiro atoms. The van der Waals surface area contributed by atoms with E-state index in [1.165, 1.54) is 0 Å². The maximum atomic E-state index is 11.7. The van der Waals surface area contributed by atoms with Gasteiger partial charge in [0, 0.05) is 24.9 Å². The average molecular weight is 382 g/mol. The highest BCUT2D eigenvalue weighted by Crippen LogP contribution is 2.51. The Labute approximate surface area is 163 Å². The molecule has 2 N–H and O–H groups in total. The average Bonchev–Trinajstić information content (AvgIpc) is 3.44. The second kappa shape index (κ2) is 6.87. The molecule has 148 valence electrons. The largest absolute Gasteiger partial charge is 0.481 e. The fourth-order valence-electron chi connectivity index (χ4n) is 5.07. The first-order valence-corrected chi connectivity index (χ1v) is 10.4. The van der Waals surface area contributed by atoms with Gasteiger partial charge in [0.1, 0.15) is 0 Å². The second-order valence-electron chi connectivity index (χ2n) is 8.82. The van der Waals surface area contributed by atoms with Crippen LogP contribution in [0.4, 0.5) is 5.69 Å². The van der Waals surface area contributed by atoms with Crippen LogP contribution in [0.15, 0.2) is 23.0 Å². The van der Waals surface area contributed by atoms with Crippen LogP contribution in [0.25, 0.3) is 11.5 Å². The molecule has 28 heavy (non-hydrogen) atoms. The first kappa shape index (κ1) is 17.6. The summed E-state index contributed by atoms with van der Waals surface area (Å²) in [7, 11) is 0. The van der Waals surface area contributed by atoms with Crippen LogP contribution in [0.5, 0.6) is 0 Å². The molecular formula is C21H26N4O3. The summed E-state index contributed by atoms with van der Waals surface area (Å²) in [4.78, 5) is 20.6. The zero-order valence-corrected chi connectivity index (χ0v) is 15.9. The van der Waals surface area contributed by atoms with Crippen LogP contribution < -0.4 is 5.32 Å². The van der Waals surface area contributed by atoms with Crippen molar-refractivity contribution >= 4 is 11.7 Å². The number of aliphatic carboxylic acids is 1. The Morgan fingerprint density at radius 1 is 1.25 bits per heavy atom. The number of nitrogens with one attached hydrogen (secondary N) is 1. The number of aromatic nitrogens is 3. The molecule has 3 aliphatic carbocycles. The van der Waals surface area contributed by atoms with E-state index >= 15 is 0 Å². The number of fused-ring (bicyclic) bond motifs is 2. The van der Waals surface area contributed by atoms with Gasteiger partial charge >= 0.3 is 5.97 Å². The number of hydrogen-bond acceptors (Lipinski definition) is 6. The first-order valence-electron chi connectivity index (χ1n) is 10.4.